The minimum atomic E-state index is 0.678. The SMILES string of the molecule is CBCC(/C=C\C(C)CCN(CC)CCCC)=C(C)C. The molecule has 0 radical (unpaired) electrons. The lowest BCUT2D eigenvalue weighted by Gasteiger charge is -2.21. The molecule has 0 aliphatic carbocycles. The molecule has 0 aromatic carbocycles. The maximum absolute atomic E-state index is 2.59. The third-order valence-corrected chi connectivity index (χ3v) is 3.96. The van der Waals surface area contributed by atoms with Crippen molar-refractivity contribution in [3.63, 3.8) is 0 Å². The summed E-state index contributed by atoms with van der Waals surface area (Å²) in [6.45, 7) is 17.3. The first kappa shape index (κ1) is 19.5. The van der Waals surface area contributed by atoms with Crippen molar-refractivity contribution in [3.05, 3.63) is 23.3 Å². The van der Waals surface area contributed by atoms with Gasteiger partial charge in [-0.3, -0.25) is 0 Å². The van der Waals surface area contributed by atoms with Crippen LogP contribution in [0.2, 0.25) is 13.1 Å². The van der Waals surface area contributed by atoms with Gasteiger partial charge in [-0.05, 0) is 52.2 Å². The zero-order valence-corrected chi connectivity index (χ0v) is 14.8. The molecule has 0 saturated carbocycles. The van der Waals surface area contributed by atoms with E-state index in [0.717, 1.165) is 0 Å². The molecule has 0 aliphatic rings. The Balaban J connectivity index is 4.20. The number of nitrogens with zero attached hydrogens (tertiary/aromatic N) is 1. The predicted octanol–water partition coefficient (Wildman–Crippen LogP) is 4.93. The lowest BCUT2D eigenvalue weighted by molar-refractivity contribution is 0.270. The van der Waals surface area contributed by atoms with Crippen LogP contribution < -0.4 is 0 Å². The quantitative estimate of drug-likeness (QED) is 0.382. The average molecular weight is 277 g/mol. The van der Waals surface area contributed by atoms with Crippen LogP contribution in [0.3, 0.4) is 0 Å². The summed E-state index contributed by atoms with van der Waals surface area (Å²) < 4.78 is 0. The van der Waals surface area contributed by atoms with E-state index in [1.54, 1.807) is 0 Å². The van der Waals surface area contributed by atoms with E-state index in [1.807, 2.05) is 0 Å². The molecule has 2 heteroatoms. The van der Waals surface area contributed by atoms with Gasteiger partial charge in [-0.2, -0.15) is 0 Å². The Hall–Kier alpha value is -0.495. The molecule has 0 spiro atoms. The summed E-state index contributed by atoms with van der Waals surface area (Å²) in [5, 5.41) is 0. The van der Waals surface area contributed by atoms with E-state index in [4.69, 9.17) is 0 Å². The second-order valence-corrected chi connectivity index (χ2v) is 6.19. The minimum Gasteiger partial charge on any atom is -0.304 e. The molecule has 1 atom stereocenters. The predicted molar refractivity (Wildman–Crippen MR) is 96.1 cm³/mol. The van der Waals surface area contributed by atoms with Crippen LogP contribution in [0.5, 0.6) is 0 Å². The highest BCUT2D eigenvalue weighted by Gasteiger charge is 2.04. The summed E-state index contributed by atoms with van der Waals surface area (Å²) in [6, 6.07) is 0. The van der Waals surface area contributed by atoms with Crippen LogP contribution in [0.15, 0.2) is 23.3 Å². The summed E-state index contributed by atoms with van der Waals surface area (Å²) in [5.41, 5.74) is 2.99. The molecule has 0 bridgehead atoms. The third kappa shape index (κ3) is 9.42. The third-order valence-electron chi connectivity index (χ3n) is 3.96. The first-order valence-corrected chi connectivity index (χ1v) is 8.61. The highest BCUT2D eigenvalue weighted by Crippen LogP contribution is 2.14. The normalized spacial score (nSPS) is 12.9. The van der Waals surface area contributed by atoms with Gasteiger partial charge in [0.25, 0.3) is 0 Å². The van der Waals surface area contributed by atoms with E-state index < -0.39 is 0 Å². The largest absolute Gasteiger partial charge is 0.304 e. The number of unbranched alkanes of at least 4 members (excludes halogenated alkanes) is 1. The summed E-state index contributed by atoms with van der Waals surface area (Å²) in [4.78, 5) is 2.59. The van der Waals surface area contributed by atoms with Gasteiger partial charge in [-0.25, -0.2) is 0 Å². The highest BCUT2D eigenvalue weighted by molar-refractivity contribution is 6.34. The van der Waals surface area contributed by atoms with Gasteiger partial charge >= 0.3 is 0 Å². The topological polar surface area (TPSA) is 3.24 Å². The Morgan fingerprint density at radius 2 is 1.90 bits per heavy atom. The Kier molecular flexibility index (Phi) is 12.0. The molecule has 1 unspecified atom stereocenters. The van der Waals surface area contributed by atoms with E-state index >= 15 is 0 Å². The lowest BCUT2D eigenvalue weighted by Crippen LogP contribution is -2.26. The fourth-order valence-electron chi connectivity index (χ4n) is 2.34. The molecule has 0 amide bonds. The van der Waals surface area contributed by atoms with Crippen molar-refractivity contribution in [3.8, 4) is 0 Å². The van der Waals surface area contributed by atoms with E-state index in [2.05, 4.69) is 58.5 Å². The van der Waals surface area contributed by atoms with Crippen LogP contribution in [0, 0.1) is 5.92 Å². The smallest absolute Gasteiger partial charge is 0.122 e. The number of hydrogen-bond donors (Lipinski definition) is 0. The van der Waals surface area contributed by atoms with Crippen molar-refractivity contribution in [2.75, 3.05) is 19.6 Å². The Bertz CT molecular complexity index is 290. The molecule has 20 heavy (non-hydrogen) atoms. The molecular weight excluding hydrogens is 241 g/mol. The van der Waals surface area contributed by atoms with E-state index in [9.17, 15) is 0 Å². The van der Waals surface area contributed by atoms with Crippen molar-refractivity contribution in [1.29, 1.82) is 0 Å². The first-order chi connectivity index (χ1) is 9.54. The van der Waals surface area contributed by atoms with E-state index in [-0.39, 0.29) is 0 Å². The van der Waals surface area contributed by atoms with Crippen LogP contribution in [-0.2, 0) is 0 Å². The number of rotatable bonds is 11. The van der Waals surface area contributed by atoms with E-state index in [1.165, 1.54) is 63.6 Å². The van der Waals surface area contributed by atoms with Crippen molar-refractivity contribution in [2.24, 2.45) is 5.92 Å². The van der Waals surface area contributed by atoms with Gasteiger partial charge < -0.3 is 4.90 Å². The van der Waals surface area contributed by atoms with Gasteiger partial charge in [0.2, 0.25) is 0 Å². The maximum atomic E-state index is 2.59. The molecule has 0 fully saturated rings. The summed E-state index contributed by atoms with van der Waals surface area (Å²) in [7, 11) is 1.24. The van der Waals surface area contributed by atoms with Gasteiger partial charge in [0.1, 0.15) is 7.28 Å². The maximum Gasteiger partial charge on any atom is 0.122 e. The van der Waals surface area contributed by atoms with Crippen LogP contribution >= 0.6 is 0 Å². The van der Waals surface area contributed by atoms with Crippen LogP contribution in [0.4, 0.5) is 0 Å². The van der Waals surface area contributed by atoms with Gasteiger partial charge in [0.05, 0.1) is 0 Å². The number of hydrogen-bond acceptors (Lipinski definition) is 1. The Morgan fingerprint density at radius 1 is 1.20 bits per heavy atom. The Morgan fingerprint density at radius 3 is 2.40 bits per heavy atom. The molecule has 0 aromatic rings. The first-order valence-electron chi connectivity index (χ1n) is 8.61. The van der Waals surface area contributed by atoms with Crippen molar-refractivity contribution < 1.29 is 0 Å². The fraction of sp³-hybridized carbons (Fsp3) is 0.778. The molecule has 116 valence electrons. The van der Waals surface area contributed by atoms with Gasteiger partial charge in [0, 0.05) is 0 Å². The summed E-state index contributed by atoms with van der Waals surface area (Å²) >= 11 is 0. The highest BCUT2D eigenvalue weighted by atomic mass is 15.1. The lowest BCUT2D eigenvalue weighted by atomic mass is 9.73. The number of allylic oxidation sites excluding steroid dienone is 4. The van der Waals surface area contributed by atoms with Crippen molar-refractivity contribution in [2.45, 2.75) is 67.0 Å². The molecular formula is C18H36BN. The second-order valence-electron chi connectivity index (χ2n) is 6.19. The van der Waals surface area contributed by atoms with Gasteiger partial charge in [-0.1, -0.05) is 63.6 Å². The minimum absolute atomic E-state index is 0.678. The zero-order chi connectivity index (χ0) is 15.4. The van der Waals surface area contributed by atoms with Gasteiger partial charge in [0.15, 0.2) is 0 Å². The fourth-order valence-corrected chi connectivity index (χ4v) is 2.34. The molecule has 0 rings (SSSR count). The Labute approximate surface area is 128 Å². The molecule has 1 nitrogen and oxygen atoms in total. The molecule has 0 heterocycles. The van der Waals surface area contributed by atoms with Gasteiger partial charge in [-0.15, -0.1) is 0 Å². The second kappa shape index (κ2) is 12.3. The molecule has 0 aliphatic heterocycles. The average Bonchev–Trinajstić information content (AvgIpc) is 2.43. The van der Waals surface area contributed by atoms with Crippen molar-refractivity contribution in [1.82, 2.24) is 4.90 Å². The van der Waals surface area contributed by atoms with Crippen LogP contribution in [0.25, 0.3) is 0 Å². The van der Waals surface area contributed by atoms with Crippen molar-refractivity contribution >= 4 is 7.28 Å². The van der Waals surface area contributed by atoms with Crippen LogP contribution in [-0.4, -0.2) is 31.8 Å². The zero-order valence-electron chi connectivity index (χ0n) is 14.8. The van der Waals surface area contributed by atoms with Crippen LogP contribution in [0.1, 0.15) is 53.9 Å². The monoisotopic (exact) mass is 277 g/mol. The summed E-state index contributed by atoms with van der Waals surface area (Å²) in [6.07, 6.45) is 9.89. The summed E-state index contributed by atoms with van der Waals surface area (Å²) in [5.74, 6) is 0.678. The molecule has 0 N–H and O–H groups in total. The standard InChI is InChI=1S/C18H36BN/c1-7-9-13-20(8-2)14-12-17(5)10-11-18(15-19-6)16(3)4/h10-11,17,19H,7-9,12-15H2,1-6H3/b11-10-. The van der Waals surface area contributed by atoms with E-state index in [0.29, 0.717) is 5.92 Å². The molecule has 0 aromatic heterocycles. The molecule has 0 saturated heterocycles.